The number of Topliss-reactive ketones (excluding diaryl/α,β-unsaturated/α-hetero) is 1. The van der Waals surface area contributed by atoms with Crippen LogP contribution >= 0.6 is 15.9 Å². The molecule has 1 aromatic heterocycles. The van der Waals surface area contributed by atoms with Gasteiger partial charge in [0.15, 0.2) is 11.6 Å². The van der Waals surface area contributed by atoms with E-state index in [0.29, 0.717) is 12.0 Å². The minimum atomic E-state index is -1.89. The predicted octanol–water partition coefficient (Wildman–Crippen LogP) is 2.93. The Bertz CT molecular complexity index is 1000. The van der Waals surface area contributed by atoms with Crippen molar-refractivity contribution in [3.63, 3.8) is 0 Å². The molecular weight excluding hydrogens is 382 g/mol. The van der Waals surface area contributed by atoms with Gasteiger partial charge >= 0.3 is 0 Å². The molecule has 0 bridgehead atoms. The molecule has 1 heterocycles. The highest BCUT2D eigenvalue weighted by atomic mass is 79.9. The molecule has 1 aliphatic rings. The molecule has 25 heavy (non-hydrogen) atoms. The molecule has 0 unspecified atom stereocenters. The molecule has 5 nitrogen and oxygen atoms in total. The van der Waals surface area contributed by atoms with Crippen molar-refractivity contribution in [2.24, 2.45) is 11.5 Å². The number of carbonyl (C=O) groups is 1. The molecule has 0 fully saturated rings. The summed E-state index contributed by atoms with van der Waals surface area (Å²) in [5.74, 6) is -1.70. The molecule has 4 rings (SSSR count). The number of hydrogen-bond donors (Lipinski definition) is 3. The topological polar surface area (TPSA) is 94.3 Å². The number of fused-ring (bicyclic) bond motifs is 3. The van der Waals surface area contributed by atoms with E-state index in [-0.39, 0.29) is 5.78 Å². The van der Waals surface area contributed by atoms with Gasteiger partial charge in [-0.2, -0.15) is 0 Å². The number of aliphatic hydroxyl groups is 1. The molecule has 0 atom stereocenters. The minimum absolute atomic E-state index is 0.197. The van der Waals surface area contributed by atoms with E-state index in [9.17, 15) is 9.90 Å². The first-order chi connectivity index (χ1) is 11.9. The highest BCUT2D eigenvalue weighted by molar-refractivity contribution is 9.10. The maximum Gasteiger partial charge on any atom is 0.194 e. The Balaban J connectivity index is 2.01. The van der Waals surface area contributed by atoms with E-state index in [1.807, 2.05) is 30.3 Å². The fourth-order valence-corrected chi connectivity index (χ4v) is 4.15. The summed E-state index contributed by atoms with van der Waals surface area (Å²) >= 11 is 3.56. The van der Waals surface area contributed by atoms with Crippen LogP contribution in [0.4, 0.5) is 0 Å². The lowest BCUT2D eigenvalue weighted by Crippen LogP contribution is -2.45. The Hall–Kier alpha value is -1.99. The third-order valence-electron chi connectivity index (χ3n) is 4.72. The number of benzene rings is 2. The zero-order valence-electron chi connectivity index (χ0n) is 13.5. The number of hydrogen-bond acceptors (Lipinski definition) is 4. The highest BCUT2D eigenvalue weighted by Gasteiger charge is 2.27. The zero-order chi connectivity index (χ0) is 17.8. The van der Waals surface area contributed by atoms with Gasteiger partial charge < -0.3 is 9.67 Å². The van der Waals surface area contributed by atoms with E-state index in [0.717, 1.165) is 45.2 Å². The molecule has 0 saturated heterocycles. The number of aromatic nitrogens is 1. The van der Waals surface area contributed by atoms with Gasteiger partial charge in [-0.05, 0) is 47.0 Å². The highest BCUT2D eigenvalue weighted by Crippen LogP contribution is 2.37. The summed E-state index contributed by atoms with van der Waals surface area (Å²) in [4.78, 5) is 12.5. The number of rotatable bonds is 2. The number of ketones is 1. The lowest BCUT2D eigenvalue weighted by Gasteiger charge is -2.20. The van der Waals surface area contributed by atoms with Crippen LogP contribution in [0.5, 0.6) is 0 Å². The maximum atomic E-state index is 12.5. The fraction of sp³-hybridized carbons (Fsp3) is 0.211. The van der Waals surface area contributed by atoms with Gasteiger partial charge in [0, 0.05) is 33.1 Å². The number of halogens is 1. The van der Waals surface area contributed by atoms with Gasteiger partial charge in [0.1, 0.15) is 0 Å². The van der Waals surface area contributed by atoms with Gasteiger partial charge in [-0.25, -0.2) is 0 Å². The van der Waals surface area contributed by atoms with Crippen LogP contribution in [0.2, 0.25) is 0 Å². The van der Waals surface area contributed by atoms with Crippen molar-refractivity contribution >= 4 is 32.6 Å². The standard InChI is InChI=1S/C19H18BrN3O2/c20-13-10-11(19(21,22)25)8-9-15(13)23-14-5-2-1-4-12(14)18-16(23)6-3-7-17(18)24/h1-2,4-5,8-10,25H,3,6-7,21-22H2. The van der Waals surface area contributed by atoms with Crippen LogP contribution in [-0.2, 0) is 12.3 Å². The van der Waals surface area contributed by atoms with Crippen molar-refractivity contribution in [3.05, 3.63) is 63.8 Å². The third kappa shape index (κ3) is 2.62. The molecule has 3 aromatic rings. The average molecular weight is 400 g/mol. The lowest BCUT2D eigenvalue weighted by molar-refractivity contribution is 0.0508. The van der Waals surface area contributed by atoms with Gasteiger partial charge in [0.2, 0.25) is 0 Å². The molecule has 0 aliphatic heterocycles. The molecule has 1 aliphatic carbocycles. The van der Waals surface area contributed by atoms with Crippen LogP contribution in [0.1, 0.15) is 34.5 Å². The number of para-hydroxylation sites is 1. The van der Waals surface area contributed by atoms with Crippen molar-refractivity contribution in [1.82, 2.24) is 4.57 Å². The predicted molar refractivity (Wildman–Crippen MR) is 101 cm³/mol. The zero-order valence-corrected chi connectivity index (χ0v) is 15.1. The van der Waals surface area contributed by atoms with Crippen molar-refractivity contribution in [3.8, 4) is 5.69 Å². The van der Waals surface area contributed by atoms with Crippen molar-refractivity contribution in [2.75, 3.05) is 0 Å². The summed E-state index contributed by atoms with van der Waals surface area (Å²) in [6.07, 6.45) is 2.29. The van der Waals surface area contributed by atoms with E-state index in [2.05, 4.69) is 20.5 Å². The summed E-state index contributed by atoms with van der Waals surface area (Å²) in [6, 6.07) is 13.2. The van der Waals surface area contributed by atoms with Gasteiger partial charge in [0.25, 0.3) is 0 Å². The molecule has 0 amide bonds. The van der Waals surface area contributed by atoms with Crippen molar-refractivity contribution < 1.29 is 9.90 Å². The summed E-state index contributed by atoms with van der Waals surface area (Å²) in [5, 5.41) is 10.8. The Morgan fingerprint density at radius 2 is 1.88 bits per heavy atom. The molecule has 5 N–H and O–H groups in total. The van der Waals surface area contributed by atoms with Crippen molar-refractivity contribution in [2.45, 2.75) is 25.1 Å². The summed E-state index contributed by atoms with van der Waals surface area (Å²) < 4.78 is 2.86. The van der Waals surface area contributed by atoms with Crippen LogP contribution in [0.15, 0.2) is 46.9 Å². The van der Waals surface area contributed by atoms with Crippen LogP contribution in [0.3, 0.4) is 0 Å². The van der Waals surface area contributed by atoms with E-state index >= 15 is 0 Å². The maximum absolute atomic E-state index is 12.5. The summed E-state index contributed by atoms with van der Waals surface area (Å²) in [7, 11) is 0. The van der Waals surface area contributed by atoms with Crippen LogP contribution in [-0.4, -0.2) is 15.5 Å². The second-order valence-electron chi connectivity index (χ2n) is 6.44. The molecule has 2 aromatic carbocycles. The lowest BCUT2D eigenvalue weighted by atomic mass is 9.94. The van der Waals surface area contributed by atoms with Gasteiger partial charge in [-0.15, -0.1) is 0 Å². The monoisotopic (exact) mass is 399 g/mol. The number of carbonyl (C=O) groups excluding carboxylic acids is 1. The van der Waals surface area contributed by atoms with Crippen LogP contribution in [0, 0.1) is 0 Å². The molecular formula is C19H18BrN3O2. The number of nitrogens with two attached hydrogens (primary N) is 2. The van der Waals surface area contributed by atoms with E-state index < -0.39 is 5.85 Å². The van der Waals surface area contributed by atoms with Gasteiger partial charge in [-0.1, -0.05) is 24.3 Å². The first-order valence-electron chi connectivity index (χ1n) is 8.14. The van der Waals surface area contributed by atoms with Gasteiger partial charge in [0.05, 0.1) is 11.2 Å². The first-order valence-corrected chi connectivity index (χ1v) is 8.93. The van der Waals surface area contributed by atoms with E-state index in [1.165, 1.54) is 0 Å². The summed E-state index contributed by atoms with van der Waals surface area (Å²) in [5.41, 5.74) is 15.3. The SMILES string of the molecule is NC(N)(O)c1ccc(-n2c3c(c4ccccc42)C(=O)CCC3)c(Br)c1. The quantitative estimate of drug-likeness (QED) is 0.577. The van der Waals surface area contributed by atoms with Crippen molar-refractivity contribution in [1.29, 1.82) is 0 Å². The van der Waals surface area contributed by atoms with E-state index in [4.69, 9.17) is 11.5 Å². The third-order valence-corrected chi connectivity index (χ3v) is 5.36. The molecule has 6 heteroatoms. The minimum Gasteiger partial charge on any atom is -0.360 e. The van der Waals surface area contributed by atoms with Crippen LogP contribution < -0.4 is 11.5 Å². The molecule has 0 radical (unpaired) electrons. The first kappa shape index (κ1) is 16.5. The Kier molecular flexibility index (Phi) is 3.81. The Morgan fingerprint density at radius 1 is 1.12 bits per heavy atom. The summed E-state index contributed by atoms with van der Waals surface area (Å²) in [6.45, 7) is 0. The average Bonchev–Trinajstić information content (AvgIpc) is 2.89. The fourth-order valence-electron chi connectivity index (χ4n) is 3.59. The van der Waals surface area contributed by atoms with E-state index in [1.54, 1.807) is 12.1 Å². The molecule has 0 saturated carbocycles. The Morgan fingerprint density at radius 3 is 2.60 bits per heavy atom. The largest absolute Gasteiger partial charge is 0.360 e. The molecule has 0 spiro atoms. The van der Waals surface area contributed by atoms with Gasteiger partial charge in [-0.3, -0.25) is 16.3 Å². The normalized spacial score (nSPS) is 14.8. The second-order valence-corrected chi connectivity index (χ2v) is 7.30. The second kappa shape index (κ2) is 5.78. The number of nitrogens with zero attached hydrogens (tertiary/aromatic N) is 1. The smallest absolute Gasteiger partial charge is 0.194 e. The molecule has 128 valence electrons. The Labute approximate surface area is 153 Å². The van der Waals surface area contributed by atoms with Crippen LogP contribution in [0.25, 0.3) is 16.6 Å².